The zero-order chi connectivity index (χ0) is 27.6. The molecule has 1 atom stereocenters. The number of hydrogen-bond acceptors (Lipinski definition) is 5. The summed E-state index contributed by atoms with van der Waals surface area (Å²) < 4.78 is 44.3. The number of anilines is 1. The Hall–Kier alpha value is -3.24. The number of aryl methyl sites for hydroxylation is 1. The third kappa shape index (κ3) is 4.53. The van der Waals surface area contributed by atoms with E-state index in [1.54, 1.807) is 35.2 Å². The van der Waals surface area contributed by atoms with Crippen molar-refractivity contribution in [3.05, 3.63) is 76.4 Å². The van der Waals surface area contributed by atoms with Crippen molar-refractivity contribution in [3.63, 3.8) is 0 Å². The molecule has 1 amide bonds. The lowest BCUT2D eigenvalue weighted by Crippen LogP contribution is -2.47. The molecular formula is C29H32F3N5O2. The quantitative estimate of drug-likeness (QED) is 0.438. The molecule has 39 heavy (non-hydrogen) atoms. The molecule has 2 saturated carbocycles. The first-order valence-corrected chi connectivity index (χ1v) is 13.4. The molecule has 7 nitrogen and oxygen atoms in total. The summed E-state index contributed by atoms with van der Waals surface area (Å²) in [5.74, 6) is -0.334. The fraction of sp³-hybridized carbons (Fsp3) is 0.483. The molecule has 1 unspecified atom stereocenters. The SMILES string of the molecule is Cn1cnnc1C(c1cccc(N2Cc3c(cc(CNC4(C)CCC4)cc3C(F)(F)F)C2=O)c1)C1(O)CCC1. The molecule has 2 aliphatic carbocycles. The van der Waals surface area contributed by atoms with E-state index in [0.29, 0.717) is 29.9 Å². The van der Waals surface area contributed by atoms with Gasteiger partial charge in [0.1, 0.15) is 12.2 Å². The first-order chi connectivity index (χ1) is 18.5. The fourth-order valence-corrected chi connectivity index (χ4v) is 6.18. The number of aliphatic hydroxyl groups is 1. The van der Waals surface area contributed by atoms with Gasteiger partial charge in [-0.1, -0.05) is 12.1 Å². The zero-order valence-electron chi connectivity index (χ0n) is 22.1. The van der Waals surface area contributed by atoms with Crippen LogP contribution in [0.4, 0.5) is 18.9 Å². The van der Waals surface area contributed by atoms with Crippen molar-refractivity contribution in [3.8, 4) is 0 Å². The minimum atomic E-state index is -4.58. The highest BCUT2D eigenvalue weighted by atomic mass is 19.4. The van der Waals surface area contributed by atoms with E-state index in [2.05, 4.69) is 22.4 Å². The van der Waals surface area contributed by atoms with E-state index in [-0.39, 0.29) is 29.8 Å². The highest BCUT2D eigenvalue weighted by Gasteiger charge is 2.46. The second kappa shape index (κ2) is 9.16. The number of aromatic nitrogens is 3. The molecule has 6 rings (SSSR count). The molecule has 3 aromatic rings. The van der Waals surface area contributed by atoms with Crippen LogP contribution in [-0.2, 0) is 26.3 Å². The number of halogens is 3. The predicted octanol–water partition coefficient (Wildman–Crippen LogP) is 5.07. The summed E-state index contributed by atoms with van der Waals surface area (Å²) in [4.78, 5) is 15.0. The highest BCUT2D eigenvalue weighted by Crippen LogP contribution is 2.47. The van der Waals surface area contributed by atoms with Gasteiger partial charge >= 0.3 is 6.18 Å². The summed E-state index contributed by atoms with van der Waals surface area (Å²) >= 11 is 0. The third-order valence-electron chi connectivity index (χ3n) is 8.86. The summed E-state index contributed by atoms with van der Waals surface area (Å²) in [5, 5.41) is 23.0. The Morgan fingerprint density at radius 2 is 1.87 bits per heavy atom. The number of alkyl halides is 3. The lowest BCUT2D eigenvalue weighted by Gasteiger charge is -2.43. The number of benzene rings is 2. The summed E-state index contributed by atoms with van der Waals surface area (Å²) in [6.07, 6.45) is 2.16. The highest BCUT2D eigenvalue weighted by molar-refractivity contribution is 6.10. The molecule has 206 valence electrons. The molecule has 3 aliphatic rings. The number of nitrogens with one attached hydrogen (secondary N) is 1. The van der Waals surface area contributed by atoms with E-state index in [9.17, 15) is 23.1 Å². The number of hydrogen-bond donors (Lipinski definition) is 2. The molecule has 10 heteroatoms. The molecule has 2 aromatic carbocycles. The van der Waals surface area contributed by atoms with Gasteiger partial charge in [0.15, 0.2) is 0 Å². The molecule has 1 aromatic heterocycles. The van der Waals surface area contributed by atoms with Crippen molar-refractivity contribution in [2.45, 2.75) is 81.8 Å². The number of carbonyl (C=O) groups excluding carboxylic acids is 1. The number of amides is 1. The second-order valence-electron chi connectivity index (χ2n) is 11.6. The van der Waals surface area contributed by atoms with E-state index >= 15 is 0 Å². The summed E-state index contributed by atoms with van der Waals surface area (Å²) in [7, 11) is 1.81. The Labute approximate surface area is 225 Å². The van der Waals surface area contributed by atoms with E-state index in [1.165, 1.54) is 11.0 Å². The standard InChI is InChI=1S/C29H32F3N5O2/c1-27(8-4-9-27)33-15-18-12-21-22(23(13-18)29(30,31)32)16-37(26(21)38)20-7-3-6-19(14-20)24(28(39)10-5-11-28)25-35-34-17-36(25)2/h3,6-7,12-14,17,24,33,39H,4-5,8-11,15-16H2,1-2H3. The maximum atomic E-state index is 14.2. The maximum Gasteiger partial charge on any atom is 0.416 e. The van der Waals surface area contributed by atoms with Crippen LogP contribution in [-0.4, -0.2) is 36.9 Å². The van der Waals surface area contributed by atoms with Crippen molar-refractivity contribution < 1.29 is 23.1 Å². The van der Waals surface area contributed by atoms with Gasteiger partial charge in [0, 0.05) is 30.4 Å². The Morgan fingerprint density at radius 1 is 1.13 bits per heavy atom. The van der Waals surface area contributed by atoms with Crippen LogP contribution in [0.2, 0.25) is 0 Å². The van der Waals surface area contributed by atoms with Gasteiger partial charge in [-0.3, -0.25) is 4.79 Å². The Balaban J connectivity index is 1.34. The van der Waals surface area contributed by atoms with Crippen molar-refractivity contribution in [1.82, 2.24) is 20.1 Å². The molecule has 2 heterocycles. The Bertz CT molecular complexity index is 1420. The number of carbonyl (C=O) groups is 1. The van der Waals surface area contributed by atoms with Crippen LogP contribution in [0.5, 0.6) is 0 Å². The lowest BCUT2D eigenvalue weighted by atomic mass is 9.68. The van der Waals surface area contributed by atoms with Crippen LogP contribution in [0, 0.1) is 0 Å². The number of rotatable bonds is 7. The van der Waals surface area contributed by atoms with Gasteiger partial charge < -0.3 is 19.9 Å². The molecule has 2 fully saturated rings. The number of nitrogens with zero attached hydrogens (tertiary/aromatic N) is 4. The summed E-state index contributed by atoms with van der Waals surface area (Å²) in [6, 6.07) is 9.92. The molecule has 0 radical (unpaired) electrons. The van der Waals surface area contributed by atoms with Gasteiger partial charge in [-0.2, -0.15) is 13.2 Å². The average Bonchev–Trinajstić information content (AvgIpc) is 3.42. The van der Waals surface area contributed by atoms with Gasteiger partial charge in [0.25, 0.3) is 5.91 Å². The van der Waals surface area contributed by atoms with Gasteiger partial charge in [-0.25, -0.2) is 0 Å². The van der Waals surface area contributed by atoms with E-state index < -0.39 is 29.2 Å². The smallest absolute Gasteiger partial charge is 0.389 e. The molecular weight excluding hydrogens is 507 g/mol. The van der Waals surface area contributed by atoms with Crippen molar-refractivity contribution >= 4 is 11.6 Å². The first-order valence-electron chi connectivity index (χ1n) is 13.4. The topological polar surface area (TPSA) is 83.3 Å². The van der Waals surface area contributed by atoms with Crippen LogP contribution < -0.4 is 10.2 Å². The van der Waals surface area contributed by atoms with E-state index in [4.69, 9.17) is 0 Å². The normalized spacial score (nSPS) is 20.4. The van der Waals surface area contributed by atoms with Crippen LogP contribution in [0.3, 0.4) is 0 Å². The Morgan fingerprint density at radius 3 is 2.46 bits per heavy atom. The lowest BCUT2D eigenvalue weighted by molar-refractivity contribution is -0.138. The van der Waals surface area contributed by atoms with Crippen molar-refractivity contribution in [1.29, 1.82) is 0 Å². The predicted molar refractivity (Wildman–Crippen MR) is 139 cm³/mol. The summed E-state index contributed by atoms with van der Waals surface area (Å²) in [5.41, 5.74) is -0.0663. The van der Waals surface area contributed by atoms with E-state index in [1.807, 2.05) is 13.1 Å². The molecule has 0 saturated heterocycles. The molecule has 2 N–H and O–H groups in total. The maximum absolute atomic E-state index is 14.2. The molecule has 1 aliphatic heterocycles. The largest absolute Gasteiger partial charge is 0.416 e. The first kappa shape index (κ1) is 26.0. The van der Waals surface area contributed by atoms with Crippen molar-refractivity contribution in [2.24, 2.45) is 7.05 Å². The van der Waals surface area contributed by atoms with E-state index in [0.717, 1.165) is 31.2 Å². The molecule has 0 bridgehead atoms. The number of fused-ring (bicyclic) bond motifs is 1. The third-order valence-corrected chi connectivity index (χ3v) is 8.86. The monoisotopic (exact) mass is 539 g/mol. The van der Waals surface area contributed by atoms with Crippen LogP contribution >= 0.6 is 0 Å². The van der Waals surface area contributed by atoms with Gasteiger partial charge in [-0.15, -0.1) is 10.2 Å². The fourth-order valence-electron chi connectivity index (χ4n) is 6.18. The van der Waals surface area contributed by atoms with Gasteiger partial charge in [-0.05, 0) is 86.4 Å². The van der Waals surface area contributed by atoms with Gasteiger partial charge in [0.2, 0.25) is 0 Å². The van der Waals surface area contributed by atoms with Crippen molar-refractivity contribution in [2.75, 3.05) is 4.90 Å². The summed E-state index contributed by atoms with van der Waals surface area (Å²) in [6.45, 7) is 2.17. The molecule has 0 spiro atoms. The van der Waals surface area contributed by atoms with Crippen LogP contribution in [0.1, 0.15) is 89.8 Å². The average molecular weight is 540 g/mol. The second-order valence-corrected chi connectivity index (χ2v) is 11.6. The minimum absolute atomic E-state index is 0.000943. The van der Waals surface area contributed by atoms with Crippen LogP contribution in [0.15, 0.2) is 42.7 Å². The minimum Gasteiger partial charge on any atom is -0.389 e. The van der Waals surface area contributed by atoms with Gasteiger partial charge in [0.05, 0.1) is 23.6 Å². The Kier molecular flexibility index (Phi) is 6.11. The zero-order valence-corrected chi connectivity index (χ0v) is 22.1. The van der Waals surface area contributed by atoms with Crippen LogP contribution in [0.25, 0.3) is 0 Å².